The van der Waals surface area contributed by atoms with Gasteiger partial charge >= 0.3 is 0 Å². The minimum Gasteiger partial charge on any atom is -0.495 e. The van der Waals surface area contributed by atoms with Crippen LogP contribution in [-0.2, 0) is 20.0 Å². The second kappa shape index (κ2) is 5.11. The fourth-order valence-electron chi connectivity index (χ4n) is 2.71. The molecule has 0 unspecified atom stereocenters. The minimum absolute atomic E-state index is 0.204. The standard InChI is InChI=1S/C15H15NO6/c1-18-10-7-9(17)11-12(19-2)8-5-6-22-14(8)16-13(11)15(10,20-3)21-4/h5-7H,1-4H3. The predicted molar refractivity (Wildman–Crippen MR) is 75.7 cm³/mol. The molecule has 2 heterocycles. The van der Waals surface area contributed by atoms with Crippen LogP contribution in [0.2, 0.25) is 0 Å². The number of ether oxygens (including phenoxy) is 4. The zero-order chi connectivity index (χ0) is 15.9. The van der Waals surface area contributed by atoms with Gasteiger partial charge in [0.2, 0.25) is 5.71 Å². The van der Waals surface area contributed by atoms with Crippen LogP contribution in [0.5, 0.6) is 5.75 Å². The van der Waals surface area contributed by atoms with E-state index in [1.165, 1.54) is 40.8 Å². The van der Waals surface area contributed by atoms with Gasteiger partial charge in [-0.3, -0.25) is 4.79 Å². The number of methoxy groups -OCH3 is 4. The molecule has 0 aliphatic heterocycles. The highest BCUT2D eigenvalue weighted by Gasteiger charge is 2.48. The van der Waals surface area contributed by atoms with E-state index in [0.717, 1.165) is 0 Å². The van der Waals surface area contributed by atoms with Crippen molar-refractivity contribution >= 4 is 16.9 Å². The first kappa shape index (κ1) is 14.6. The maximum Gasteiger partial charge on any atom is 0.273 e. The van der Waals surface area contributed by atoms with Gasteiger partial charge in [-0.25, -0.2) is 4.98 Å². The minimum atomic E-state index is -1.44. The van der Waals surface area contributed by atoms with E-state index in [2.05, 4.69) is 4.98 Å². The molecular weight excluding hydrogens is 290 g/mol. The number of aromatic nitrogens is 1. The molecule has 0 N–H and O–H groups in total. The lowest BCUT2D eigenvalue weighted by atomic mass is 9.92. The second-order valence-corrected chi connectivity index (χ2v) is 4.61. The topological polar surface area (TPSA) is 80.0 Å². The Hall–Kier alpha value is -2.38. The Morgan fingerprint density at radius 3 is 2.45 bits per heavy atom. The van der Waals surface area contributed by atoms with Gasteiger partial charge in [0.15, 0.2) is 11.5 Å². The lowest BCUT2D eigenvalue weighted by Gasteiger charge is -2.34. The zero-order valence-corrected chi connectivity index (χ0v) is 12.6. The number of allylic oxidation sites excluding steroid dienone is 1. The Labute approximate surface area is 126 Å². The van der Waals surface area contributed by atoms with Gasteiger partial charge in [-0.1, -0.05) is 0 Å². The summed E-state index contributed by atoms with van der Waals surface area (Å²) in [4.78, 5) is 16.9. The van der Waals surface area contributed by atoms with Crippen molar-refractivity contribution in [3.05, 3.63) is 35.4 Å². The summed E-state index contributed by atoms with van der Waals surface area (Å²) in [6.07, 6.45) is 2.79. The van der Waals surface area contributed by atoms with E-state index in [9.17, 15) is 4.79 Å². The Kier molecular flexibility index (Phi) is 3.38. The molecule has 0 radical (unpaired) electrons. The maximum absolute atomic E-state index is 12.5. The first-order chi connectivity index (χ1) is 10.6. The summed E-state index contributed by atoms with van der Waals surface area (Å²) >= 11 is 0. The van der Waals surface area contributed by atoms with E-state index in [-0.39, 0.29) is 22.8 Å². The summed E-state index contributed by atoms with van der Waals surface area (Å²) in [5.41, 5.74) is 0.821. The molecular formula is C15H15NO6. The molecule has 1 aliphatic carbocycles. The fourth-order valence-corrected chi connectivity index (χ4v) is 2.71. The number of ketones is 1. The normalized spacial score (nSPS) is 16.4. The van der Waals surface area contributed by atoms with Crippen molar-refractivity contribution in [1.29, 1.82) is 0 Å². The van der Waals surface area contributed by atoms with Gasteiger partial charge in [-0.15, -0.1) is 0 Å². The third-order valence-electron chi connectivity index (χ3n) is 3.71. The van der Waals surface area contributed by atoms with Crippen molar-refractivity contribution in [3.63, 3.8) is 0 Å². The zero-order valence-electron chi connectivity index (χ0n) is 12.6. The lowest BCUT2D eigenvalue weighted by molar-refractivity contribution is -0.212. The van der Waals surface area contributed by atoms with Crippen LogP contribution >= 0.6 is 0 Å². The molecule has 1 aliphatic rings. The number of carbonyl (C=O) groups excluding carboxylic acids is 1. The van der Waals surface area contributed by atoms with Crippen molar-refractivity contribution in [2.24, 2.45) is 0 Å². The molecule has 7 heteroatoms. The van der Waals surface area contributed by atoms with Gasteiger partial charge in [-0.2, -0.15) is 0 Å². The van der Waals surface area contributed by atoms with Crippen LogP contribution in [0.4, 0.5) is 0 Å². The Bertz CT molecular complexity index is 772. The van der Waals surface area contributed by atoms with E-state index in [1.807, 2.05) is 0 Å². The molecule has 22 heavy (non-hydrogen) atoms. The van der Waals surface area contributed by atoms with Crippen molar-refractivity contribution in [1.82, 2.24) is 4.98 Å². The monoisotopic (exact) mass is 305 g/mol. The van der Waals surface area contributed by atoms with Crippen molar-refractivity contribution in [2.45, 2.75) is 5.79 Å². The van der Waals surface area contributed by atoms with Crippen LogP contribution in [0, 0.1) is 0 Å². The van der Waals surface area contributed by atoms with Crippen molar-refractivity contribution in [3.8, 4) is 5.75 Å². The van der Waals surface area contributed by atoms with Crippen LogP contribution in [0.3, 0.4) is 0 Å². The van der Waals surface area contributed by atoms with Crippen LogP contribution in [0.25, 0.3) is 11.1 Å². The summed E-state index contributed by atoms with van der Waals surface area (Å²) in [5, 5.41) is 0.602. The van der Waals surface area contributed by atoms with Crippen LogP contribution in [-0.4, -0.2) is 39.2 Å². The first-order valence-corrected chi connectivity index (χ1v) is 6.49. The number of hydrogen-bond donors (Lipinski definition) is 0. The van der Waals surface area contributed by atoms with Gasteiger partial charge in [0, 0.05) is 20.3 Å². The first-order valence-electron chi connectivity index (χ1n) is 6.49. The van der Waals surface area contributed by atoms with Crippen molar-refractivity contribution in [2.75, 3.05) is 28.4 Å². The predicted octanol–water partition coefficient (Wildman–Crippen LogP) is 2.01. The third-order valence-corrected chi connectivity index (χ3v) is 3.71. The van der Waals surface area contributed by atoms with E-state index >= 15 is 0 Å². The maximum atomic E-state index is 12.5. The largest absolute Gasteiger partial charge is 0.495 e. The SMILES string of the molecule is COC1=CC(=O)c2c(nc3occc3c2OC)C1(OC)OC. The molecule has 0 fully saturated rings. The smallest absolute Gasteiger partial charge is 0.273 e. The van der Waals surface area contributed by atoms with E-state index in [0.29, 0.717) is 16.8 Å². The third kappa shape index (κ3) is 1.69. The lowest BCUT2D eigenvalue weighted by Crippen LogP contribution is -2.39. The second-order valence-electron chi connectivity index (χ2n) is 4.61. The average Bonchev–Trinajstić information content (AvgIpc) is 3.01. The van der Waals surface area contributed by atoms with Crippen LogP contribution in [0.1, 0.15) is 16.1 Å². The number of rotatable bonds is 4. The molecule has 7 nitrogen and oxygen atoms in total. The Morgan fingerprint density at radius 2 is 1.86 bits per heavy atom. The number of pyridine rings is 1. The Morgan fingerprint density at radius 1 is 1.14 bits per heavy atom. The number of nitrogens with zero attached hydrogens (tertiary/aromatic N) is 1. The van der Waals surface area contributed by atoms with Gasteiger partial charge in [0.1, 0.15) is 11.4 Å². The average molecular weight is 305 g/mol. The van der Waals surface area contributed by atoms with Gasteiger partial charge in [-0.05, 0) is 6.07 Å². The molecule has 116 valence electrons. The quantitative estimate of drug-likeness (QED) is 0.799. The summed E-state index contributed by atoms with van der Waals surface area (Å²) in [7, 11) is 5.79. The number of furan rings is 1. The van der Waals surface area contributed by atoms with Gasteiger partial charge in [0.05, 0.1) is 31.4 Å². The van der Waals surface area contributed by atoms with Gasteiger partial charge in [0.25, 0.3) is 5.79 Å². The van der Waals surface area contributed by atoms with Gasteiger partial charge < -0.3 is 23.4 Å². The molecule has 3 rings (SSSR count). The molecule has 2 aromatic rings. The summed E-state index contributed by atoms with van der Waals surface area (Å²) < 4.78 is 27.0. The molecule has 0 bridgehead atoms. The highest BCUT2D eigenvalue weighted by Crippen LogP contribution is 2.44. The molecule has 0 atom stereocenters. The summed E-state index contributed by atoms with van der Waals surface area (Å²) in [6.45, 7) is 0. The number of carbonyl (C=O) groups is 1. The van der Waals surface area contributed by atoms with Crippen LogP contribution in [0.15, 0.2) is 28.6 Å². The highest BCUT2D eigenvalue weighted by atomic mass is 16.7. The molecule has 2 aromatic heterocycles. The summed E-state index contributed by atoms with van der Waals surface area (Å²) in [5.74, 6) is -1.17. The molecule has 0 saturated carbocycles. The highest BCUT2D eigenvalue weighted by molar-refractivity contribution is 6.12. The fraction of sp³-hybridized carbons (Fsp3) is 0.333. The van der Waals surface area contributed by atoms with Crippen LogP contribution < -0.4 is 4.74 Å². The Balaban J connectivity index is 2.43. The molecule has 0 aromatic carbocycles. The van der Waals surface area contributed by atoms with Crippen molar-refractivity contribution < 1.29 is 28.2 Å². The number of hydrogen-bond acceptors (Lipinski definition) is 7. The molecule has 0 saturated heterocycles. The summed E-state index contributed by atoms with van der Waals surface area (Å²) in [6, 6.07) is 1.69. The van der Waals surface area contributed by atoms with E-state index < -0.39 is 5.79 Å². The molecule has 0 spiro atoms. The molecule has 0 amide bonds. The van der Waals surface area contributed by atoms with E-state index in [4.69, 9.17) is 23.4 Å². The number of fused-ring (bicyclic) bond motifs is 2. The van der Waals surface area contributed by atoms with E-state index in [1.54, 1.807) is 6.07 Å².